The van der Waals surface area contributed by atoms with Crippen molar-refractivity contribution in [3.8, 4) is 5.75 Å². The highest BCUT2D eigenvalue weighted by Crippen LogP contribution is 2.31. The van der Waals surface area contributed by atoms with Crippen LogP contribution in [0.1, 0.15) is 40.4 Å². The van der Waals surface area contributed by atoms with Gasteiger partial charge >= 0.3 is 0 Å². The molecule has 1 aliphatic rings. The third-order valence-electron chi connectivity index (χ3n) is 4.85. The molecular weight excluding hydrogens is 312 g/mol. The van der Waals surface area contributed by atoms with Gasteiger partial charge in [-0.15, -0.1) is 0 Å². The molecule has 4 heteroatoms. The molecular formula is C21H26N2O2. The molecule has 0 spiro atoms. The molecule has 2 aromatic carbocycles. The summed E-state index contributed by atoms with van der Waals surface area (Å²) in [5, 5.41) is 3.11. The zero-order valence-corrected chi connectivity index (χ0v) is 15.0. The number of amides is 1. The first-order chi connectivity index (χ1) is 12.2. The van der Waals surface area contributed by atoms with Crippen molar-refractivity contribution in [3.05, 3.63) is 65.2 Å². The Morgan fingerprint density at radius 1 is 1.12 bits per heavy atom. The Kier molecular flexibility index (Phi) is 5.71. The number of hydrogen-bond acceptors (Lipinski definition) is 3. The van der Waals surface area contributed by atoms with Crippen molar-refractivity contribution in [2.24, 2.45) is 0 Å². The fourth-order valence-electron chi connectivity index (χ4n) is 3.43. The molecule has 1 saturated heterocycles. The maximum absolute atomic E-state index is 12.5. The zero-order chi connectivity index (χ0) is 17.6. The van der Waals surface area contributed by atoms with E-state index in [-0.39, 0.29) is 11.9 Å². The van der Waals surface area contributed by atoms with Crippen LogP contribution in [0.25, 0.3) is 0 Å². The number of aryl methyl sites for hydroxylation is 1. The van der Waals surface area contributed by atoms with Crippen LogP contribution in [0.2, 0.25) is 0 Å². The predicted octanol–water partition coefficient (Wildman–Crippen LogP) is 3.57. The number of para-hydroxylation sites is 1. The lowest BCUT2D eigenvalue weighted by molar-refractivity contribution is 0.0937. The highest BCUT2D eigenvalue weighted by atomic mass is 16.5. The van der Waals surface area contributed by atoms with Crippen molar-refractivity contribution in [1.82, 2.24) is 10.2 Å². The molecule has 0 radical (unpaired) electrons. The van der Waals surface area contributed by atoms with E-state index >= 15 is 0 Å². The fraction of sp³-hybridized carbons (Fsp3) is 0.381. The maximum atomic E-state index is 12.5. The molecule has 1 amide bonds. The number of rotatable bonds is 6. The maximum Gasteiger partial charge on any atom is 0.251 e. The van der Waals surface area contributed by atoms with Gasteiger partial charge in [-0.25, -0.2) is 0 Å². The van der Waals surface area contributed by atoms with E-state index in [0.717, 1.165) is 30.0 Å². The number of methoxy groups -OCH3 is 1. The summed E-state index contributed by atoms with van der Waals surface area (Å²) in [5.74, 6) is 0.850. The van der Waals surface area contributed by atoms with E-state index < -0.39 is 0 Å². The van der Waals surface area contributed by atoms with Gasteiger partial charge < -0.3 is 10.1 Å². The Hall–Kier alpha value is -2.33. The lowest BCUT2D eigenvalue weighted by atomic mass is 10.0. The van der Waals surface area contributed by atoms with Gasteiger partial charge in [0.25, 0.3) is 5.91 Å². The van der Waals surface area contributed by atoms with Crippen LogP contribution in [-0.2, 0) is 0 Å². The van der Waals surface area contributed by atoms with Crippen LogP contribution >= 0.6 is 0 Å². The molecule has 1 heterocycles. The molecule has 25 heavy (non-hydrogen) atoms. The molecule has 4 nitrogen and oxygen atoms in total. The summed E-state index contributed by atoms with van der Waals surface area (Å²) in [5.41, 5.74) is 2.99. The third-order valence-corrected chi connectivity index (χ3v) is 4.85. The zero-order valence-electron chi connectivity index (χ0n) is 15.0. The number of carbonyl (C=O) groups is 1. The van der Waals surface area contributed by atoms with Crippen LogP contribution in [-0.4, -0.2) is 37.6 Å². The average molecular weight is 338 g/mol. The van der Waals surface area contributed by atoms with Crippen molar-refractivity contribution in [3.63, 3.8) is 0 Å². The van der Waals surface area contributed by atoms with Gasteiger partial charge in [-0.05, 0) is 51.1 Å². The van der Waals surface area contributed by atoms with E-state index in [2.05, 4.69) is 16.3 Å². The molecule has 0 aromatic heterocycles. The molecule has 1 N–H and O–H groups in total. The van der Waals surface area contributed by atoms with Crippen molar-refractivity contribution in [1.29, 1.82) is 0 Å². The number of hydrogen-bond donors (Lipinski definition) is 1. The van der Waals surface area contributed by atoms with Crippen LogP contribution in [0.3, 0.4) is 0 Å². The highest BCUT2D eigenvalue weighted by Gasteiger charge is 2.26. The SMILES string of the molecule is COc1ccccc1C(CNC(=O)c1ccc(C)cc1)N1CCCC1. The predicted molar refractivity (Wildman–Crippen MR) is 100 cm³/mol. The van der Waals surface area contributed by atoms with Crippen molar-refractivity contribution in [2.75, 3.05) is 26.7 Å². The van der Waals surface area contributed by atoms with Crippen molar-refractivity contribution < 1.29 is 9.53 Å². The summed E-state index contributed by atoms with van der Waals surface area (Å²) in [4.78, 5) is 14.9. The summed E-state index contributed by atoms with van der Waals surface area (Å²) in [7, 11) is 1.70. The smallest absolute Gasteiger partial charge is 0.251 e. The van der Waals surface area contributed by atoms with E-state index in [9.17, 15) is 4.79 Å². The second kappa shape index (κ2) is 8.17. The standard InChI is InChI=1S/C21H26N2O2/c1-16-9-11-17(12-10-16)21(24)22-15-19(23-13-5-6-14-23)18-7-3-4-8-20(18)25-2/h3-4,7-12,19H,5-6,13-15H2,1-2H3,(H,22,24). The Morgan fingerprint density at radius 3 is 2.48 bits per heavy atom. The van der Waals surface area contributed by atoms with Gasteiger partial charge in [0.05, 0.1) is 13.2 Å². The highest BCUT2D eigenvalue weighted by molar-refractivity contribution is 5.94. The second-order valence-electron chi connectivity index (χ2n) is 6.58. The quantitative estimate of drug-likeness (QED) is 0.875. The number of likely N-dealkylation sites (tertiary alicyclic amines) is 1. The second-order valence-corrected chi connectivity index (χ2v) is 6.58. The van der Waals surface area contributed by atoms with Crippen LogP contribution < -0.4 is 10.1 Å². The van der Waals surface area contributed by atoms with E-state index in [1.807, 2.05) is 49.4 Å². The molecule has 0 aliphatic carbocycles. The topological polar surface area (TPSA) is 41.6 Å². The van der Waals surface area contributed by atoms with Crippen LogP contribution in [0.15, 0.2) is 48.5 Å². The molecule has 0 saturated carbocycles. The van der Waals surface area contributed by atoms with Gasteiger partial charge in [-0.1, -0.05) is 35.9 Å². The van der Waals surface area contributed by atoms with E-state index in [0.29, 0.717) is 12.1 Å². The molecule has 3 rings (SSSR count). The molecule has 1 fully saturated rings. The number of nitrogens with zero attached hydrogens (tertiary/aromatic N) is 1. The number of carbonyl (C=O) groups excluding carboxylic acids is 1. The lowest BCUT2D eigenvalue weighted by Gasteiger charge is -2.29. The minimum Gasteiger partial charge on any atom is -0.496 e. The Balaban J connectivity index is 1.76. The van der Waals surface area contributed by atoms with Crippen molar-refractivity contribution >= 4 is 5.91 Å². The Bertz CT molecular complexity index is 706. The summed E-state index contributed by atoms with van der Waals surface area (Å²) in [6, 6.07) is 15.9. The summed E-state index contributed by atoms with van der Waals surface area (Å²) < 4.78 is 5.55. The average Bonchev–Trinajstić information content (AvgIpc) is 3.17. The Labute approximate surface area is 149 Å². The first kappa shape index (κ1) is 17.5. The molecule has 1 aliphatic heterocycles. The Morgan fingerprint density at radius 2 is 1.80 bits per heavy atom. The summed E-state index contributed by atoms with van der Waals surface area (Å²) in [6.45, 7) is 4.71. The number of benzene rings is 2. The third kappa shape index (κ3) is 4.20. The fourth-order valence-corrected chi connectivity index (χ4v) is 3.43. The normalized spacial score (nSPS) is 15.8. The summed E-state index contributed by atoms with van der Waals surface area (Å²) in [6.07, 6.45) is 2.41. The van der Waals surface area contributed by atoms with E-state index in [1.54, 1.807) is 7.11 Å². The van der Waals surface area contributed by atoms with Crippen LogP contribution in [0, 0.1) is 6.92 Å². The van der Waals surface area contributed by atoms with E-state index in [1.165, 1.54) is 12.8 Å². The minimum atomic E-state index is -0.0286. The minimum absolute atomic E-state index is 0.0286. The van der Waals surface area contributed by atoms with Gasteiger partial charge in [0, 0.05) is 17.7 Å². The first-order valence-electron chi connectivity index (χ1n) is 8.91. The van der Waals surface area contributed by atoms with Gasteiger partial charge in [-0.3, -0.25) is 9.69 Å². The van der Waals surface area contributed by atoms with E-state index in [4.69, 9.17) is 4.74 Å². The molecule has 0 bridgehead atoms. The van der Waals surface area contributed by atoms with Gasteiger partial charge in [-0.2, -0.15) is 0 Å². The number of nitrogens with one attached hydrogen (secondary N) is 1. The molecule has 1 atom stereocenters. The molecule has 2 aromatic rings. The monoisotopic (exact) mass is 338 g/mol. The van der Waals surface area contributed by atoms with Gasteiger partial charge in [0.2, 0.25) is 0 Å². The van der Waals surface area contributed by atoms with Crippen LogP contribution in [0.4, 0.5) is 0 Å². The largest absolute Gasteiger partial charge is 0.496 e. The van der Waals surface area contributed by atoms with Crippen molar-refractivity contribution in [2.45, 2.75) is 25.8 Å². The van der Waals surface area contributed by atoms with Gasteiger partial charge in [0.15, 0.2) is 0 Å². The lowest BCUT2D eigenvalue weighted by Crippen LogP contribution is -2.37. The molecule has 132 valence electrons. The van der Waals surface area contributed by atoms with Gasteiger partial charge in [0.1, 0.15) is 5.75 Å². The number of ether oxygens (including phenoxy) is 1. The summed E-state index contributed by atoms with van der Waals surface area (Å²) >= 11 is 0. The first-order valence-corrected chi connectivity index (χ1v) is 8.91. The molecule has 1 unspecified atom stereocenters. The van der Waals surface area contributed by atoms with Crippen LogP contribution in [0.5, 0.6) is 5.75 Å².